The third-order valence-corrected chi connectivity index (χ3v) is 7.94. The van der Waals surface area contributed by atoms with E-state index in [4.69, 9.17) is 9.72 Å². The molecule has 1 aliphatic heterocycles. The lowest BCUT2D eigenvalue weighted by Crippen LogP contribution is -2.39. The summed E-state index contributed by atoms with van der Waals surface area (Å²) in [6, 6.07) is 23.0. The molecule has 0 atom stereocenters. The number of carbonyl (C=O) groups is 1. The van der Waals surface area contributed by atoms with Crippen molar-refractivity contribution < 1.29 is 9.53 Å². The molecule has 1 amide bonds. The van der Waals surface area contributed by atoms with Gasteiger partial charge in [-0.15, -0.1) is 0 Å². The Balaban J connectivity index is 1.34. The number of thiazole rings is 1. The zero-order valence-electron chi connectivity index (χ0n) is 21.1. The van der Waals surface area contributed by atoms with Gasteiger partial charge in [-0.1, -0.05) is 65.9 Å². The van der Waals surface area contributed by atoms with Crippen molar-refractivity contribution >= 4 is 32.6 Å². The summed E-state index contributed by atoms with van der Waals surface area (Å²) in [4.78, 5) is 22.8. The average Bonchev–Trinajstić information content (AvgIpc) is 3.30. The third-order valence-electron chi connectivity index (χ3n) is 6.90. The number of hydrogen-bond acceptors (Lipinski definition) is 5. The van der Waals surface area contributed by atoms with Crippen LogP contribution in [-0.2, 0) is 16.0 Å². The molecule has 0 unspecified atom stereocenters. The van der Waals surface area contributed by atoms with Crippen molar-refractivity contribution in [3.05, 3.63) is 83.4 Å². The van der Waals surface area contributed by atoms with Gasteiger partial charge >= 0.3 is 0 Å². The predicted octanol–water partition coefficient (Wildman–Crippen LogP) is 5.88. The maximum Gasteiger partial charge on any atom is 0.233 e. The minimum Gasteiger partial charge on any atom is -0.379 e. The van der Waals surface area contributed by atoms with E-state index < -0.39 is 0 Å². The van der Waals surface area contributed by atoms with E-state index in [9.17, 15) is 4.79 Å². The summed E-state index contributed by atoms with van der Waals surface area (Å²) in [6.07, 6.45) is 1.27. The van der Waals surface area contributed by atoms with Crippen LogP contribution >= 0.6 is 11.3 Å². The first-order valence-electron chi connectivity index (χ1n) is 12.7. The van der Waals surface area contributed by atoms with Gasteiger partial charge in [-0.05, 0) is 60.2 Å². The summed E-state index contributed by atoms with van der Waals surface area (Å²) in [5.74, 6) is 0.0944. The largest absolute Gasteiger partial charge is 0.379 e. The van der Waals surface area contributed by atoms with Crippen molar-refractivity contribution in [2.24, 2.45) is 0 Å². The molecule has 1 aliphatic rings. The minimum atomic E-state index is 0.0944. The molecule has 0 spiro atoms. The molecule has 0 radical (unpaired) electrons. The van der Waals surface area contributed by atoms with Gasteiger partial charge < -0.3 is 4.74 Å². The number of benzene rings is 3. The van der Waals surface area contributed by atoms with E-state index in [0.29, 0.717) is 13.0 Å². The van der Waals surface area contributed by atoms with Crippen LogP contribution in [0.3, 0.4) is 0 Å². The van der Waals surface area contributed by atoms with Crippen molar-refractivity contribution in [2.45, 2.75) is 26.7 Å². The molecule has 0 bridgehead atoms. The molecule has 4 aromatic rings. The van der Waals surface area contributed by atoms with Gasteiger partial charge in [-0.25, -0.2) is 4.98 Å². The minimum absolute atomic E-state index is 0.0944. The van der Waals surface area contributed by atoms with Gasteiger partial charge in [-0.3, -0.25) is 14.6 Å². The standard InChI is InChI=1S/C30H33N3O2S/c1-22-19-27-28(20-23(22)2)36-30(31-27)33(14-6-13-32-15-17-35-18-16-32)29(34)21-24-9-11-26(12-10-24)25-7-4-3-5-8-25/h3-5,7-12,19-20H,6,13-18,21H2,1-2H3. The predicted molar refractivity (Wildman–Crippen MR) is 149 cm³/mol. The van der Waals surface area contributed by atoms with E-state index in [1.54, 1.807) is 11.3 Å². The Labute approximate surface area is 217 Å². The molecule has 2 heterocycles. The van der Waals surface area contributed by atoms with Gasteiger partial charge in [0.1, 0.15) is 0 Å². The fourth-order valence-electron chi connectivity index (χ4n) is 4.60. The topological polar surface area (TPSA) is 45.7 Å². The van der Waals surface area contributed by atoms with E-state index in [-0.39, 0.29) is 5.91 Å². The Bertz CT molecular complexity index is 1270. The molecule has 0 aliphatic carbocycles. The molecule has 0 N–H and O–H groups in total. The van der Waals surface area contributed by atoms with E-state index >= 15 is 0 Å². The fourth-order valence-corrected chi connectivity index (χ4v) is 5.69. The van der Waals surface area contributed by atoms with Crippen LogP contribution in [0.5, 0.6) is 0 Å². The van der Waals surface area contributed by atoms with Gasteiger partial charge in [0.15, 0.2) is 5.13 Å². The molecule has 3 aromatic carbocycles. The quantitative estimate of drug-likeness (QED) is 0.304. The normalized spacial score (nSPS) is 14.3. The number of nitrogens with zero attached hydrogens (tertiary/aromatic N) is 3. The van der Waals surface area contributed by atoms with Gasteiger partial charge in [0.05, 0.1) is 29.9 Å². The fraction of sp³-hybridized carbons (Fsp3) is 0.333. The number of fused-ring (bicyclic) bond motifs is 1. The highest BCUT2D eigenvalue weighted by atomic mass is 32.1. The first-order chi connectivity index (χ1) is 17.6. The summed E-state index contributed by atoms with van der Waals surface area (Å²) in [5, 5.41) is 0.794. The van der Waals surface area contributed by atoms with Crippen molar-refractivity contribution in [2.75, 3.05) is 44.3 Å². The molecule has 1 fully saturated rings. The lowest BCUT2D eigenvalue weighted by Gasteiger charge is -2.27. The Morgan fingerprint density at radius 1 is 0.972 bits per heavy atom. The van der Waals surface area contributed by atoms with Crippen LogP contribution in [-0.4, -0.2) is 55.2 Å². The number of morpholine rings is 1. The smallest absolute Gasteiger partial charge is 0.233 e. The van der Waals surface area contributed by atoms with Gasteiger partial charge in [0, 0.05) is 26.2 Å². The van der Waals surface area contributed by atoms with Crippen LogP contribution in [0, 0.1) is 13.8 Å². The van der Waals surface area contributed by atoms with Crippen LogP contribution < -0.4 is 4.90 Å². The lowest BCUT2D eigenvalue weighted by atomic mass is 10.0. The SMILES string of the molecule is Cc1cc2nc(N(CCCN3CCOCC3)C(=O)Cc3ccc(-c4ccccc4)cc3)sc2cc1C. The number of anilines is 1. The van der Waals surface area contributed by atoms with E-state index in [0.717, 1.165) is 65.7 Å². The van der Waals surface area contributed by atoms with Crippen LogP contribution in [0.1, 0.15) is 23.1 Å². The van der Waals surface area contributed by atoms with Crippen molar-refractivity contribution in [1.29, 1.82) is 0 Å². The van der Waals surface area contributed by atoms with Crippen LogP contribution in [0.4, 0.5) is 5.13 Å². The lowest BCUT2D eigenvalue weighted by molar-refractivity contribution is -0.118. The molecule has 5 rings (SSSR count). The number of ether oxygens (including phenoxy) is 1. The highest BCUT2D eigenvalue weighted by molar-refractivity contribution is 7.22. The Hall–Kier alpha value is -3.06. The van der Waals surface area contributed by atoms with E-state index in [1.165, 1.54) is 16.7 Å². The van der Waals surface area contributed by atoms with Crippen LogP contribution in [0.2, 0.25) is 0 Å². The third kappa shape index (κ3) is 5.84. The Morgan fingerprint density at radius 3 is 2.42 bits per heavy atom. The second-order valence-electron chi connectivity index (χ2n) is 9.49. The van der Waals surface area contributed by atoms with E-state index in [2.05, 4.69) is 67.3 Å². The zero-order valence-corrected chi connectivity index (χ0v) is 21.9. The zero-order chi connectivity index (χ0) is 24.9. The van der Waals surface area contributed by atoms with Crippen molar-refractivity contribution in [1.82, 2.24) is 9.88 Å². The van der Waals surface area contributed by atoms with Crippen molar-refractivity contribution in [3.63, 3.8) is 0 Å². The number of rotatable bonds is 8. The van der Waals surface area contributed by atoms with E-state index in [1.807, 2.05) is 23.1 Å². The summed E-state index contributed by atoms with van der Waals surface area (Å²) in [6.45, 7) is 9.36. The summed E-state index contributed by atoms with van der Waals surface area (Å²) in [7, 11) is 0. The average molecular weight is 500 g/mol. The number of aromatic nitrogens is 1. The molecule has 6 heteroatoms. The second-order valence-corrected chi connectivity index (χ2v) is 10.5. The summed E-state index contributed by atoms with van der Waals surface area (Å²) in [5.41, 5.74) is 6.80. The second kappa shape index (κ2) is 11.3. The van der Waals surface area contributed by atoms with Gasteiger partial charge in [-0.2, -0.15) is 0 Å². The molecule has 1 saturated heterocycles. The number of amides is 1. The monoisotopic (exact) mass is 499 g/mol. The molecular formula is C30H33N3O2S. The number of aryl methyl sites for hydroxylation is 2. The molecule has 5 nitrogen and oxygen atoms in total. The van der Waals surface area contributed by atoms with Gasteiger partial charge in [0.25, 0.3) is 0 Å². The number of carbonyl (C=O) groups excluding carboxylic acids is 1. The Kier molecular flexibility index (Phi) is 7.75. The first kappa shape index (κ1) is 24.6. The van der Waals surface area contributed by atoms with Crippen molar-refractivity contribution in [3.8, 4) is 11.1 Å². The highest BCUT2D eigenvalue weighted by Gasteiger charge is 2.21. The molecular weight excluding hydrogens is 466 g/mol. The molecule has 36 heavy (non-hydrogen) atoms. The molecule has 1 aromatic heterocycles. The summed E-state index contributed by atoms with van der Waals surface area (Å²) >= 11 is 1.61. The van der Waals surface area contributed by atoms with Crippen LogP contribution in [0.15, 0.2) is 66.7 Å². The summed E-state index contributed by atoms with van der Waals surface area (Å²) < 4.78 is 6.61. The number of hydrogen-bond donors (Lipinski definition) is 0. The van der Waals surface area contributed by atoms with Crippen LogP contribution in [0.25, 0.3) is 21.3 Å². The Morgan fingerprint density at radius 2 is 1.67 bits per heavy atom. The maximum absolute atomic E-state index is 13.6. The first-order valence-corrected chi connectivity index (χ1v) is 13.5. The maximum atomic E-state index is 13.6. The molecule has 186 valence electrons. The highest BCUT2D eigenvalue weighted by Crippen LogP contribution is 2.31. The van der Waals surface area contributed by atoms with Gasteiger partial charge in [0.2, 0.25) is 5.91 Å². The molecule has 0 saturated carbocycles.